The average molecular weight is 311 g/mol. The number of hydrogen-bond acceptors (Lipinski definition) is 4. The van der Waals surface area contributed by atoms with Gasteiger partial charge in [0.2, 0.25) is 10.0 Å². The van der Waals surface area contributed by atoms with E-state index < -0.39 is 10.0 Å². The van der Waals surface area contributed by atoms with Gasteiger partial charge in [-0.15, -0.1) is 0 Å². The molecule has 1 aromatic carbocycles. The molecule has 1 fully saturated rings. The molecule has 21 heavy (non-hydrogen) atoms. The Hall–Kier alpha value is -1.11. The summed E-state index contributed by atoms with van der Waals surface area (Å²) in [4.78, 5) is 0.422. The predicted molar refractivity (Wildman–Crippen MR) is 85.4 cm³/mol. The first-order valence-corrected chi connectivity index (χ1v) is 8.79. The molecule has 1 heterocycles. The second-order valence-electron chi connectivity index (χ2n) is 6.24. The zero-order valence-electron chi connectivity index (χ0n) is 13.2. The molecule has 0 spiro atoms. The molecule has 1 aliphatic rings. The van der Waals surface area contributed by atoms with Gasteiger partial charge in [0.15, 0.2) is 0 Å². The zero-order chi connectivity index (χ0) is 15.8. The van der Waals surface area contributed by atoms with E-state index in [0.29, 0.717) is 29.8 Å². The van der Waals surface area contributed by atoms with Crippen LogP contribution in [-0.4, -0.2) is 25.8 Å². The number of anilines is 1. The molecule has 1 aliphatic heterocycles. The fourth-order valence-electron chi connectivity index (χ4n) is 3.09. The molecule has 1 saturated heterocycles. The normalized spacial score (nSPS) is 20.2. The smallest absolute Gasteiger partial charge is 0.243 e. The van der Waals surface area contributed by atoms with Gasteiger partial charge in [0.25, 0.3) is 0 Å². The van der Waals surface area contributed by atoms with Gasteiger partial charge in [-0.3, -0.25) is 5.84 Å². The van der Waals surface area contributed by atoms with Crippen molar-refractivity contribution in [2.75, 3.05) is 18.5 Å². The predicted octanol–water partition coefficient (Wildman–Crippen LogP) is 2.26. The van der Waals surface area contributed by atoms with Crippen LogP contribution >= 0.6 is 0 Å². The van der Waals surface area contributed by atoms with E-state index in [9.17, 15) is 8.42 Å². The molecule has 1 aromatic rings. The summed E-state index contributed by atoms with van der Waals surface area (Å²) in [5.41, 5.74) is 4.76. The van der Waals surface area contributed by atoms with Crippen molar-refractivity contribution < 1.29 is 8.42 Å². The minimum absolute atomic E-state index is 0.422. The molecule has 3 N–H and O–H groups in total. The van der Waals surface area contributed by atoms with Gasteiger partial charge in [-0.2, -0.15) is 4.31 Å². The maximum absolute atomic E-state index is 12.9. The number of rotatable bonds is 4. The molecule has 1 atom stereocenters. The van der Waals surface area contributed by atoms with Crippen LogP contribution in [0.3, 0.4) is 0 Å². The van der Waals surface area contributed by atoms with Crippen LogP contribution in [0.4, 0.5) is 5.69 Å². The molecule has 0 amide bonds. The molecule has 5 nitrogen and oxygen atoms in total. The molecular formula is C15H25N3O2S. The highest BCUT2D eigenvalue weighted by Gasteiger charge is 2.35. The number of aryl methyl sites for hydroxylation is 2. The highest BCUT2D eigenvalue weighted by Crippen LogP contribution is 2.32. The van der Waals surface area contributed by atoms with Gasteiger partial charge in [-0.05, 0) is 55.4 Å². The minimum atomic E-state index is -3.43. The monoisotopic (exact) mass is 311 g/mol. The SMILES string of the molecule is Cc1cc(NN)cc(C)c1S(=O)(=O)N1CCC(C(C)C)C1. The van der Waals surface area contributed by atoms with Crippen LogP contribution in [0.5, 0.6) is 0 Å². The molecule has 1 unspecified atom stereocenters. The van der Waals surface area contributed by atoms with Gasteiger partial charge in [0, 0.05) is 18.8 Å². The summed E-state index contributed by atoms with van der Waals surface area (Å²) in [6.45, 7) is 9.17. The van der Waals surface area contributed by atoms with Crippen molar-refractivity contribution in [3.63, 3.8) is 0 Å². The maximum Gasteiger partial charge on any atom is 0.243 e. The van der Waals surface area contributed by atoms with Crippen LogP contribution in [0.2, 0.25) is 0 Å². The van der Waals surface area contributed by atoms with Crippen molar-refractivity contribution in [2.45, 2.75) is 39.0 Å². The van der Waals surface area contributed by atoms with E-state index in [-0.39, 0.29) is 0 Å². The summed E-state index contributed by atoms with van der Waals surface area (Å²) in [6.07, 6.45) is 0.942. The van der Waals surface area contributed by atoms with E-state index in [1.165, 1.54) is 0 Å². The van der Waals surface area contributed by atoms with Crippen molar-refractivity contribution in [1.82, 2.24) is 4.31 Å². The molecule has 0 aliphatic carbocycles. The van der Waals surface area contributed by atoms with E-state index in [4.69, 9.17) is 5.84 Å². The van der Waals surface area contributed by atoms with E-state index in [2.05, 4.69) is 19.3 Å². The number of benzene rings is 1. The topological polar surface area (TPSA) is 75.4 Å². The number of nitrogens with one attached hydrogen (secondary N) is 1. The van der Waals surface area contributed by atoms with Gasteiger partial charge >= 0.3 is 0 Å². The minimum Gasteiger partial charge on any atom is -0.324 e. The van der Waals surface area contributed by atoms with Gasteiger partial charge in [0.05, 0.1) is 4.90 Å². The lowest BCUT2D eigenvalue weighted by molar-refractivity contribution is 0.388. The Morgan fingerprint density at radius 1 is 1.29 bits per heavy atom. The Morgan fingerprint density at radius 3 is 2.29 bits per heavy atom. The summed E-state index contributed by atoms with van der Waals surface area (Å²) >= 11 is 0. The van der Waals surface area contributed by atoms with Crippen LogP contribution in [-0.2, 0) is 10.0 Å². The van der Waals surface area contributed by atoms with Crippen molar-refractivity contribution in [2.24, 2.45) is 17.7 Å². The Kier molecular flexibility index (Phi) is 4.60. The lowest BCUT2D eigenvalue weighted by Crippen LogP contribution is -2.30. The van der Waals surface area contributed by atoms with Crippen LogP contribution in [0, 0.1) is 25.7 Å². The Morgan fingerprint density at radius 2 is 1.86 bits per heavy atom. The van der Waals surface area contributed by atoms with Gasteiger partial charge in [0.1, 0.15) is 0 Å². The lowest BCUT2D eigenvalue weighted by Gasteiger charge is -2.21. The molecule has 6 heteroatoms. The Bertz CT molecular complexity index is 603. The molecule has 0 radical (unpaired) electrons. The van der Waals surface area contributed by atoms with Crippen LogP contribution in [0.1, 0.15) is 31.4 Å². The Balaban J connectivity index is 2.37. The second kappa shape index (κ2) is 5.94. The zero-order valence-corrected chi connectivity index (χ0v) is 14.0. The first-order chi connectivity index (χ1) is 9.77. The fraction of sp³-hybridized carbons (Fsp3) is 0.600. The molecule has 2 rings (SSSR count). The first kappa shape index (κ1) is 16.3. The Labute approximate surface area is 127 Å². The number of hydrazine groups is 1. The van der Waals surface area contributed by atoms with E-state index in [1.54, 1.807) is 16.4 Å². The summed E-state index contributed by atoms with van der Waals surface area (Å²) in [7, 11) is -3.43. The van der Waals surface area contributed by atoms with E-state index >= 15 is 0 Å². The second-order valence-corrected chi connectivity index (χ2v) is 8.11. The lowest BCUT2D eigenvalue weighted by atomic mass is 9.96. The van der Waals surface area contributed by atoms with Crippen molar-refractivity contribution in [3.8, 4) is 0 Å². The van der Waals surface area contributed by atoms with Crippen LogP contribution in [0.15, 0.2) is 17.0 Å². The molecule has 0 saturated carbocycles. The average Bonchev–Trinajstić information content (AvgIpc) is 2.87. The first-order valence-electron chi connectivity index (χ1n) is 7.35. The van der Waals surface area contributed by atoms with Crippen LogP contribution < -0.4 is 11.3 Å². The largest absolute Gasteiger partial charge is 0.324 e. The third kappa shape index (κ3) is 3.07. The summed E-state index contributed by atoms with van der Waals surface area (Å²) < 4.78 is 27.5. The molecular weight excluding hydrogens is 286 g/mol. The number of nitrogens with two attached hydrogens (primary N) is 1. The highest BCUT2D eigenvalue weighted by atomic mass is 32.2. The van der Waals surface area contributed by atoms with Crippen LogP contribution in [0.25, 0.3) is 0 Å². The van der Waals surface area contributed by atoms with Crippen molar-refractivity contribution >= 4 is 15.7 Å². The van der Waals surface area contributed by atoms with E-state index in [0.717, 1.165) is 23.2 Å². The van der Waals surface area contributed by atoms with E-state index in [1.807, 2.05) is 13.8 Å². The number of nitrogen functional groups attached to an aromatic ring is 1. The number of nitrogens with zero attached hydrogens (tertiary/aromatic N) is 1. The summed E-state index contributed by atoms with van der Waals surface area (Å²) in [6, 6.07) is 3.55. The van der Waals surface area contributed by atoms with Crippen molar-refractivity contribution in [3.05, 3.63) is 23.3 Å². The number of hydrogen-bond donors (Lipinski definition) is 2. The molecule has 0 aromatic heterocycles. The van der Waals surface area contributed by atoms with Gasteiger partial charge < -0.3 is 5.43 Å². The van der Waals surface area contributed by atoms with Gasteiger partial charge in [-0.1, -0.05) is 13.8 Å². The fourth-order valence-corrected chi connectivity index (χ4v) is 5.01. The van der Waals surface area contributed by atoms with Crippen molar-refractivity contribution in [1.29, 1.82) is 0 Å². The third-order valence-corrected chi connectivity index (χ3v) is 6.53. The summed E-state index contributed by atoms with van der Waals surface area (Å²) in [5, 5.41) is 0. The van der Waals surface area contributed by atoms with Gasteiger partial charge in [-0.25, -0.2) is 8.42 Å². The third-order valence-electron chi connectivity index (χ3n) is 4.36. The highest BCUT2D eigenvalue weighted by molar-refractivity contribution is 7.89. The molecule has 118 valence electrons. The standard InChI is InChI=1S/C15H25N3O2S/c1-10(2)13-5-6-18(9-13)21(19,20)15-11(3)7-14(17-16)8-12(15)4/h7-8,10,13,17H,5-6,9,16H2,1-4H3. The quantitative estimate of drug-likeness (QED) is 0.660. The number of sulfonamides is 1. The molecule has 0 bridgehead atoms. The maximum atomic E-state index is 12.9. The summed E-state index contributed by atoms with van der Waals surface area (Å²) in [5.74, 6) is 6.37.